The number of benzene rings is 1. The predicted molar refractivity (Wildman–Crippen MR) is 116 cm³/mol. The molecule has 7 heteroatoms. The third kappa shape index (κ3) is 5.67. The third-order valence-electron chi connectivity index (χ3n) is 4.80. The summed E-state index contributed by atoms with van der Waals surface area (Å²) in [5.74, 6) is 1.54. The summed E-state index contributed by atoms with van der Waals surface area (Å²) in [4.78, 5) is 11.5. The van der Waals surface area contributed by atoms with Gasteiger partial charge in [-0.05, 0) is 51.0 Å². The molecule has 0 atom stereocenters. The van der Waals surface area contributed by atoms with Gasteiger partial charge < -0.3 is 15.5 Å². The topological polar surface area (TPSA) is 52.6 Å². The fraction of sp³-hybridized carbons (Fsp3) is 0.429. The van der Waals surface area contributed by atoms with Crippen LogP contribution in [0.4, 0.5) is 10.2 Å². The lowest BCUT2D eigenvalue weighted by molar-refractivity contribution is 0.459. The van der Waals surface area contributed by atoms with Gasteiger partial charge in [-0.3, -0.25) is 0 Å². The molecule has 1 aromatic heterocycles. The first-order valence-corrected chi connectivity index (χ1v) is 10.5. The first kappa shape index (κ1) is 20.6. The maximum absolute atomic E-state index is 14.0. The first-order chi connectivity index (χ1) is 13.5. The van der Waals surface area contributed by atoms with Gasteiger partial charge in [-0.25, -0.2) is 14.4 Å². The molecule has 28 heavy (non-hydrogen) atoms. The Morgan fingerprint density at radius 2 is 2.07 bits per heavy atom. The lowest BCUT2D eigenvalue weighted by Gasteiger charge is -2.34. The number of piperidine rings is 1. The zero-order valence-electron chi connectivity index (χ0n) is 16.4. The molecule has 0 radical (unpaired) electrons. The van der Waals surface area contributed by atoms with E-state index in [9.17, 15) is 4.39 Å². The van der Waals surface area contributed by atoms with Crippen molar-refractivity contribution in [2.45, 2.75) is 39.3 Å². The molecule has 0 unspecified atom stereocenters. The number of hydrogen-bond donors (Lipinski definition) is 2. The van der Waals surface area contributed by atoms with Crippen LogP contribution < -0.4 is 15.5 Å². The summed E-state index contributed by atoms with van der Waals surface area (Å²) in [5, 5.41) is 6.76. The van der Waals surface area contributed by atoms with Crippen molar-refractivity contribution in [1.29, 1.82) is 0 Å². The molecule has 2 heterocycles. The minimum atomic E-state index is -0.243. The molecule has 0 amide bonds. The van der Waals surface area contributed by atoms with Crippen molar-refractivity contribution in [3.63, 3.8) is 0 Å². The summed E-state index contributed by atoms with van der Waals surface area (Å²) in [6.45, 7) is 7.03. The molecular formula is C21H27BrFN5. The average molecular weight is 448 g/mol. The minimum Gasteiger partial charge on any atom is -0.357 e. The number of anilines is 1. The van der Waals surface area contributed by atoms with Gasteiger partial charge >= 0.3 is 0 Å². The van der Waals surface area contributed by atoms with Gasteiger partial charge in [0.05, 0.1) is 6.54 Å². The van der Waals surface area contributed by atoms with Crippen molar-refractivity contribution >= 4 is 27.7 Å². The largest absolute Gasteiger partial charge is 0.357 e. The highest BCUT2D eigenvalue weighted by Crippen LogP contribution is 2.19. The number of rotatable bonds is 5. The Balaban J connectivity index is 1.57. The Morgan fingerprint density at radius 1 is 1.29 bits per heavy atom. The number of halogens is 2. The number of aryl methyl sites for hydroxylation is 1. The molecule has 0 bridgehead atoms. The number of guanidine groups is 1. The van der Waals surface area contributed by atoms with E-state index in [4.69, 9.17) is 0 Å². The minimum absolute atomic E-state index is 0.243. The zero-order chi connectivity index (χ0) is 19.9. The lowest BCUT2D eigenvalue weighted by atomic mass is 10.1. The molecule has 2 aromatic rings. The normalized spacial score (nSPS) is 15.6. The third-order valence-corrected chi connectivity index (χ3v) is 5.29. The summed E-state index contributed by atoms with van der Waals surface area (Å²) in [6, 6.07) is 11.6. The second-order valence-electron chi connectivity index (χ2n) is 6.97. The molecule has 2 N–H and O–H groups in total. The number of pyridine rings is 1. The van der Waals surface area contributed by atoms with Crippen molar-refractivity contribution in [2.24, 2.45) is 4.99 Å². The number of hydrogen-bond acceptors (Lipinski definition) is 3. The maximum atomic E-state index is 14.0. The van der Waals surface area contributed by atoms with Crippen LogP contribution in [-0.2, 0) is 6.54 Å². The summed E-state index contributed by atoms with van der Waals surface area (Å²) in [7, 11) is 0. The van der Waals surface area contributed by atoms with Crippen LogP contribution in [0, 0.1) is 12.7 Å². The van der Waals surface area contributed by atoms with Crippen LogP contribution in [0.25, 0.3) is 0 Å². The molecule has 1 aliphatic rings. The van der Waals surface area contributed by atoms with E-state index in [1.165, 1.54) is 6.07 Å². The summed E-state index contributed by atoms with van der Waals surface area (Å²) >= 11 is 3.28. The second-order valence-corrected chi connectivity index (χ2v) is 7.89. The van der Waals surface area contributed by atoms with E-state index in [-0.39, 0.29) is 5.82 Å². The molecule has 0 aliphatic carbocycles. The first-order valence-electron chi connectivity index (χ1n) is 9.72. The molecule has 1 fully saturated rings. The summed E-state index contributed by atoms with van der Waals surface area (Å²) < 4.78 is 14.8. The Bertz CT molecular complexity index is 818. The standard InChI is InChI=1S/C21H27BrFN5/c1-3-24-21(25-14-16-7-8-17(22)13-19(16)23)27-18-9-11-28(12-10-18)20-6-4-5-15(2)26-20/h4-8,13,18H,3,9-12,14H2,1-2H3,(H2,24,25,27). The van der Waals surface area contributed by atoms with Gasteiger partial charge in [-0.1, -0.05) is 28.1 Å². The SMILES string of the molecule is CCNC(=NCc1ccc(Br)cc1F)NC1CCN(c2cccc(C)n2)CC1. The number of nitrogens with one attached hydrogen (secondary N) is 2. The zero-order valence-corrected chi connectivity index (χ0v) is 18.0. The lowest BCUT2D eigenvalue weighted by Crippen LogP contribution is -2.48. The molecular weight excluding hydrogens is 421 g/mol. The fourth-order valence-corrected chi connectivity index (χ4v) is 3.62. The number of aromatic nitrogens is 1. The second kappa shape index (κ2) is 9.87. The van der Waals surface area contributed by atoms with Crippen molar-refractivity contribution in [3.05, 3.63) is 57.9 Å². The quantitative estimate of drug-likeness (QED) is 0.536. The Hall–Kier alpha value is -2.15. The smallest absolute Gasteiger partial charge is 0.191 e. The molecule has 1 aliphatic heterocycles. The fourth-order valence-electron chi connectivity index (χ4n) is 3.29. The highest BCUT2D eigenvalue weighted by atomic mass is 79.9. The van der Waals surface area contributed by atoms with Crippen LogP contribution in [-0.4, -0.2) is 36.6 Å². The molecule has 1 aromatic carbocycles. The molecule has 5 nitrogen and oxygen atoms in total. The van der Waals surface area contributed by atoms with Gasteiger partial charge in [0.15, 0.2) is 5.96 Å². The van der Waals surface area contributed by atoms with Gasteiger partial charge in [0.25, 0.3) is 0 Å². The van der Waals surface area contributed by atoms with Gasteiger partial charge in [0.2, 0.25) is 0 Å². The van der Waals surface area contributed by atoms with Crippen molar-refractivity contribution in [2.75, 3.05) is 24.5 Å². The van der Waals surface area contributed by atoms with Crippen LogP contribution in [0.2, 0.25) is 0 Å². The highest BCUT2D eigenvalue weighted by Gasteiger charge is 2.21. The summed E-state index contributed by atoms with van der Waals surface area (Å²) in [6.07, 6.45) is 2.01. The molecule has 1 saturated heterocycles. The molecule has 3 rings (SSSR count). The van der Waals surface area contributed by atoms with Gasteiger partial charge in [-0.2, -0.15) is 0 Å². The van der Waals surface area contributed by atoms with Crippen molar-refractivity contribution < 1.29 is 4.39 Å². The number of nitrogens with zero attached hydrogens (tertiary/aromatic N) is 3. The maximum Gasteiger partial charge on any atom is 0.191 e. The van der Waals surface area contributed by atoms with Crippen LogP contribution in [0.3, 0.4) is 0 Å². The van der Waals surface area contributed by atoms with Crippen LogP contribution in [0.1, 0.15) is 31.0 Å². The van der Waals surface area contributed by atoms with E-state index in [0.717, 1.165) is 54.4 Å². The van der Waals surface area contributed by atoms with E-state index in [1.807, 2.05) is 26.0 Å². The van der Waals surface area contributed by atoms with Crippen molar-refractivity contribution in [3.8, 4) is 0 Å². The van der Waals surface area contributed by atoms with E-state index >= 15 is 0 Å². The monoisotopic (exact) mass is 447 g/mol. The van der Waals surface area contributed by atoms with Crippen LogP contribution in [0.5, 0.6) is 0 Å². The number of aliphatic imine (C=N–C) groups is 1. The molecule has 0 saturated carbocycles. The van der Waals surface area contributed by atoms with E-state index in [1.54, 1.807) is 6.07 Å². The molecule has 0 spiro atoms. The van der Waals surface area contributed by atoms with E-state index in [0.29, 0.717) is 18.2 Å². The highest BCUT2D eigenvalue weighted by molar-refractivity contribution is 9.10. The van der Waals surface area contributed by atoms with E-state index < -0.39 is 0 Å². The predicted octanol–water partition coefficient (Wildman–Crippen LogP) is 4.02. The Labute approximate surface area is 174 Å². The van der Waals surface area contributed by atoms with Gasteiger partial charge in [0.1, 0.15) is 11.6 Å². The van der Waals surface area contributed by atoms with Gasteiger partial charge in [-0.15, -0.1) is 0 Å². The van der Waals surface area contributed by atoms with Gasteiger partial charge in [0, 0.05) is 41.4 Å². The van der Waals surface area contributed by atoms with Crippen LogP contribution in [0.15, 0.2) is 45.9 Å². The Morgan fingerprint density at radius 3 is 2.75 bits per heavy atom. The van der Waals surface area contributed by atoms with Crippen molar-refractivity contribution in [1.82, 2.24) is 15.6 Å². The van der Waals surface area contributed by atoms with Crippen LogP contribution >= 0.6 is 15.9 Å². The molecule has 150 valence electrons. The average Bonchev–Trinajstić information content (AvgIpc) is 2.68. The summed E-state index contributed by atoms with van der Waals surface area (Å²) in [5.41, 5.74) is 1.63. The Kier molecular flexibility index (Phi) is 7.25. The van der Waals surface area contributed by atoms with E-state index in [2.05, 4.69) is 53.6 Å².